The first-order chi connectivity index (χ1) is 12.3. The summed E-state index contributed by atoms with van der Waals surface area (Å²) in [6.07, 6.45) is 0. The van der Waals surface area contributed by atoms with Gasteiger partial charge in [-0.05, 0) is 52.0 Å². The molecule has 0 bridgehead atoms. The van der Waals surface area contributed by atoms with Crippen LogP contribution in [0.5, 0.6) is 0 Å². The topological polar surface area (TPSA) is 77.6 Å². The van der Waals surface area contributed by atoms with E-state index in [1.807, 2.05) is 27.8 Å². The van der Waals surface area contributed by atoms with Crippen molar-refractivity contribution in [2.75, 3.05) is 0 Å². The molecule has 2 heterocycles. The summed E-state index contributed by atoms with van der Waals surface area (Å²) < 4.78 is 16.4. The fourth-order valence-electron chi connectivity index (χ4n) is 3.12. The Morgan fingerprint density at radius 2 is 1.81 bits per heavy atom. The molecule has 0 aliphatic carbocycles. The number of carbonyl (C=O) groups excluding carboxylic acids is 1. The number of amides is 1. The predicted octanol–water partition coefficient (Wildman–Crippen LogP) is 2.56. The molecule has 0 saturated heterocycles. The largest absolute Gasteiger partial charge is 0.344 e. The number of carbonyl (C=O) groups is 1. The summed E-state index contributed by atoms with van der Waals surface area (Å²) in [5.74, 6) is -0.647. The summed E-state index contributed by atoms with van der Waals surface area (Å²) in [6, 6.07) is 5.64. The average molecular weight is 356 g/mol. The van der Waals surface area contributed by atoms with Crippen LogP contribution in [0, 0.1) is 26.6 Å². The number of aryl methyl sites for hydroxylation is 2. The van der Waals surface area contributed by atoms with E-state index in [1.165, 1.54) is 16.8 Å². The van der Waals surface area contributed by atoms with Crippen molar-refractivity contribution in [1.82, 2.24) is 30.1 Å². The highest BCUT2D eigenvalue weighted by molar-refractivity contribution is 5.93. The number of nitrogens with one attached hydrogen (secondary N) is 1. The van der Waals surface area contributed by atoms with Gasteiger partial charge < -0.3 is 5.32 Å². The van der Waals surface area contributed by atoms with Gasteiger partial charge in [0.15, 0.2) is 5.69 Å². The quantitative estimate of drug-likeness (QED) is 0.779. The lowest BCUT2D eigenvalue weighted by Gasteiger charge is -2.14. The third kappa shape index (κ3) is 3.10. The van der Waals surface area contributed by atoms with Gasteiger partial charge in [0.25, 0.3) is 5.91 Å². The summed E-state index contributed by atoms with van der Waals surface area (Å²) in [7, 11) is 1.87. The number of rotatable bonds is 4. The SMILES string of the molecule is Cc1nn(C)c(C)c1C(C)NC(=O)c1nnn(-c2ccc(F)cc2)c1C. The smallest absolute Gasteiger partial charge is 0.274 e. The van der Waals surface area contributed by atoms with Gasteiger partial charge in [0.05, 0.1) is 23.1 Å². The first-order valence-corrected chi connectivity index (χ1v) is 8.28. The van der Waals surface area contributed by atoms with Crippen molar-refractivity contribution in [3.63, 3.8) is 0 Å². The van der Waals surface area contributed by atoms with E-state index >= 15 is 0 Å². The maximum atomic E-state index is 13.1. The maximum absolute atomic E-state index is 13.1. The van der Waals surface area contributed by atoms with E-state index in [-0.39, 0.29) is 23.5 Å². The molecule has 0 aliphatic heterocycles. The van der Waals surface area contributed by atoms with Crippen LogP contribution in [0.3, 0.4) is 0 Å². The van der Waals surface area contributed by atoms with Gasteiger partial charge in [-0.25, -0.2) is 9.07 Å². The van der Waals surface area contributed by atoms with Crippen LogP contribution in [0.1, 0.15) is 46.1 Å². The van der Waals surface area contributed by atoms with Crippen molar-refractivity contribution in [3.05, 3.63) is 58.4 Å². The van der Waals surface area contributed by atoms with Gasteiger partial charge >= 0.3 is 0 Å². The second-order valence-electron chi connectivity index (χ2n) is 6.31. The molecular weight excluding hydrogens is 335 g/mol. The Kier molecular flexibility index (Phi) is 4.58. The predicted molar refractivity (Wildman–Crippen MR) is 94.6 cm³/mol. The molecule has 26 heavy (non-hydrogen) atoms. The summed E-state index contributed by atoms with van der Waals surface area (Å²) in [6.45, 7) is 7.55. The van der Waals surface area contributed by atoms with E-state index in [1.54, 1.807) is 23.7 Å². The first kappa shape index (κ1) is 17.8. The van der Waals surface area contributed by atoms with Crippen LogP contribution in [0.15, 0.2) is 24.3 Å². The number of hydrogen-bond donors (Lipinski definition) is 1. The van der Waals surface area contributed by atoms with E-state index in [4.69, 9.17) is 0 Å². The fraction of sp³-hybridized carbons (Fsp3) is 0.333. The standard InChI is InChI=1S/C18H21FN6O/c1-10(16-11(2)22-24(5)12(16)3)20-18(26)17-13(4)25(23-21-17)15-8-6-14(19)7-9-15/h6-10H,1-5H3,(H,20,26). The molecule has 7 nitrogen and oxygen atoms in total. The molecule has 0 aliphatic rings. The zero-order valence-electron chi connectivity index (χ0n) is 15.4. The van der Waals surface area contributed by atoms with Crippen LogP contribution in [0.25, 0.3) is 5.69 Å². The normalized spacial score (nSPS) is 12.2. The molecule has 1 amide bonds. The molecule has 0 spiro atoms. The summed E-state index contributed by atoms with van der Waals surface area (Å²) in [4.78, 5) is 12.7. The lowest BCUT2D eigenvalue weighted by atomic mass is 10.1. The minimum Gasteiger partial charge on any atom is -0.344 e. The van der Waals surface area contributed by atoms with E-state index < -0.39 is 0 Å². The zero-order chi connectivity index (χ0) is 19.0. The van der Waals surface area contributed by atoms with Gasteiger partial charge in [-0.3, -0.25) is 9.48 Å². The van der Waals surface area contributed by atoms with Gasteiger partial charge in [-0.15, -0.1) is 5.10 Å². The Morgan fingerprint density at radius 3 is 2.38 bits per heavy atom. The van der Waals surface area contributed by atoms with Crippen LogP contribution >= 0.6 is 0 Å². The number of nitrogens with zero attached hydrogens (tertiary/aromatic N) is 5. The number of aromatic nitrogens is 5. The monoisotopic (exact) mass is 356 g/mol. The Hall–Kier alpha value is -3.03. The molecule has 136 valence electrons. The molecule has 8 heteroatoms. The molecule has 0 fully saturated rings. The highest BCUT2D eigenvalue weighted by atomic mass is 19.1. The Bertz CT molecular complexity index is 957. The molecule has 3 aromatic rings. The number of benzene rings is 1. The molecular formula is C18H21FN6O. The van der Waals surface area contributed by atoms with Crippen molar-refractivity contribution in [2.24, 2.45) is 7.05 Å². The highest BCUT2D eigenvalue weighted by Gasteiger charge is 2.22. The first-order valence-electron chi connectivity index (χ1n) is 8.28. The fourth-order valence-corrected chi connectivity index (χ4v) is 3.12. The third-order valence-corrected chi connectivity index (χ3v) is 4.53. The van der Waals surface area contributed by atoms with Crippen LogP contribution in [-0.4, -0.2) is 30.7 Å². The molecule has 1 atom stereocenters. The second-order valence-corrected chi connectivity index (χ2v) is 6.31. The highest BCUT2D eigenvalue weighted by Crippen LogP contribution is 2.21. The summed E-state index contributed by atoms with van der Waals surface area (Å²) >= 11 is 0. The number of hydrogen-bond acceptors (Lipinski definition) is 4. The van der Waals surface area contributed by atoms with Crippen molar-refractivity contribution in [1.29, 1.82) is 0 Å². The number of halogens is 1. The Morgan fingerprint density at radius 1 is 1.15 bits per heavy atom. The Balaban J connectivity index is 1.83. The van der Waals surface area contributed by atoms with Crippen LogP contribution in [-0.2, 0) is 7.05 Å². The van der Waals surface area contributed by atoms with Gasteiger partial charge in [-0.1, -0.05) is 5.21 Å². The van der Waals surface area contributed by atoms with Gasteiger partial charge in [-0.2, -0.15) is 5.10 Å². The van der Waals surface area contributed by atoms with Crippen molar-refractivity contribution < 1.29 is 9.18 Å². The molecule has 1 N–H and O–H groups in total. The molecule has 1 aromatic carbocycles. The Labute approximate surface area is 150 Å². The van der Waals surface area contributed by atoms with Gasteiger partial charge in [0.1, 0.15) is 5.82 Å². The van der Waals surface area contributed by atoms with Crippen LogP contribution in [0.2, 0.25) is 0 Å². The molecule has 3 rings (SSSR count). The third-order valence-electron chi connectivity index (χ3n) is 4.53. The molecule has 0 radical (unpaired) electrons. The van der Waals surface area contributed by atoms with Crippen LogP contribution < -0.4 is 5.32 Å². The van der Waals surface area contributed by atoms with E-state index in [0.29, 0.717) is 11.4 Å². The lowest BCUT2D eigenvalue weighted by Crippen LogP contribution is -2.28. The minimum atomic E-state index is -0.333. The van der Waals surface area contributed by atoms with Crippen molar-refractivity contribution in [2.45, 2.75) is 33.7 Å². The van der Waals surface area contributed by atoms with E-state index in [9.17, 15) is 9.18 Å². The van der Waals surface area contributed by atoms with Crippen molar-refractivity contribution in [3.8, 4) is 5.69 Å². The minimum absolute atomic E-state index is 0.216. The molecule has 0 saturated carbocycles. The van der Waals surface area contributed by atoms with Crippen LogP contribution in [0.4, 0.5) is 4.39 Å². The summed E-state index contributed by atoms with van der Waals surface area (Å²) in [5.41, 5.74) is 4.33. The molecule has 2 aromatic heterocycles. The second kappa shape index (κ2) is 6.70. The van der Waals surface area contributed by atoms with Gasteiger partial charge in [0, 0.05) is 18.3 Å². The van der Waals surface area contributed by atoms with Gasteiger partial charge in [0.2, 0.25) is 0 Å². The van der Waals surface area contributed by atoms with E-state index in [0.717, 1.165) is 17.0 Å². The lowest BCUT2D eigenvalue weighted by molar-refractivity contribution is 0.0934. The van der Waals surface area contributed by atoms with E-state index in [2.05, 4.69) is 20.7 Å². The summed E-state index contributed by atoms with van der Waals surface area (Å²) in [5, 5.41) is 15.4. The molecule has 1 unspecified atom stereocenters. The van der Waals surface area contributed by atoms with Crippen molar-refractivity contribution >= 4 is 5.91 Å². The average Bonchev–Trinajstić information content (AvgIpc) is 3.08. The maximum Gasteiger partial charge on any atom is 0.274 e. The zero-order valence-corrected chi connectivity index (χ0v) is 15.4.